The molecule has 1 fully saturated rings. The van der Waals surface area contributed by atoms with E-state index in [1.165, 1.54) is 23.0 Å². The van der Waals surface area contributed by atoms with Crippen molar-refractivity contribution < 1.29 is 8.78 Å². The molecular weight excluding hydrogens is 430 g/mol. The lowest BCUT2D eigenvalue weighted by Crippen LogP contribution is -2.28. The van der Waals surface area contributed by atoms with Gasteiger partial charge in [-0.2, -0.15) is 10.4 Å². The van der Waals surface area contributed by atoms with Gasteiger partial charge < -0.3 is 4.98 Å². The quantitative estimate of drug-likeness (QED) is 0.496. The number of hydrogen-bond acceptors (Lipinski definition) is 7. The maximum Gasteiger partial charge on any atom is 0.280 e. The Labute approximate surface area is 186 Å². The van der Waals surface area contributed by atoms with Crippen molar-refractivity contribution in [1.82, 2.24) is 34.7 Å². The van der Waals surface area contributed by atoms with Crippen LogP contribution in [-0.4, -0.2) is 34.7 Å². The van der Waals surface area contributed by atoms with Crippen LogP contribution in [0.15, 0.2) is 41.6 Å². The fourth-order valence-corrected chi connectivity index (χ4v) is 4.16. The maximum atomic E-state index is 12.9. The lowest BCUT2D eigenvalue weighted by molar-refractivity contribution is 0.146. The normalized spacial score (nSPS) is 18.8. The van der Waals surface area contributed by atoms with Gasteiger partial charge in [0.2, 0.25) is 0 Å². The molecule has 11 heteroatoms. The molecule has 0 aliphatic heterocycles. The van der Waals surface area contributed by atoms with Gasteiger partial charge in [0.1, 0.15) is 28.8 Å². The lowest BCUT2D eigenvalue weighted by atomic mass is 9.72. The Kier molecular flexibility index (Phi) is 5.12. The van der Waals surface area contributed by atoms with Crippen molar-refractivity contribution in [3.63, 3.8) is 0 Å². The molecule has 3 atom stereocenters. The molecule has 4 aromatic rings. The number of hydrogen-bond donors (Lipinski definition) is 1. The summed E-state index contributed by atoms with van der Waals surface area (Å²) in [6.45, 7) is 1.78. The molecule has 5 rings (SSSR count). The highest BCUT2D eigenvalue weighted by Gasteiger charge is 2.37. The monoisotopic (exact) mass is 448 g/mol. The Hall–Kier alpha value is -4.07. The van der Waals surface area contributed by atoms with E-state index >= 15 is 0 Å². The van der Waals surface area contributed by atoms with Crippen LogP contribution in [0.4, 0.5) is 8.78 Å². The number of nitrogens with zero attached hydrogens (tertiary/aromatic N) is 7. The van der Waals surface area contributed by atoms with Gasteiger partial charge in [-0.05, 0) is 37.5 Å². The molecule has 0 aromatic carbocycles. The molecule has 1 aliphatic carbocycles. The lowest BCUT2D eigenvalue weighted by Gasteiger charge is -2.34. The average Bonchev–Trinajstić information content (AvgIpc) is 3.18. The van der Waals surface area contributed by atoms with Gasteiger partial charge in [0.25, 0.3) is 12.0 Å². The molecule has 0 saturated heterocycles. The van der Waals surface area contributed by atoms with Crippen LogP contribution >= 0.6 is 0 Å². The summed E-state index contributed by atoms with van der Waals surface area (Å²) in [7, 11) is 0. The Balaban J connectivity index is 1.58. The van der Waals surface area contributed by atoms with E-state index in [0.29, 0.717) is 17.2 Å². The van der Waals surface area contributed by atoms with Crippen molar-refractivity contribution in [2.75, 3.05) is 0 Å². The fraction of sp³-hybridized carbons (Fsp3) is 0.318. The summed E-state index contributed by atoms with van der Waals surface area (Å²) in [5, 5.41) is 13.9. The third-order valence-electron chi connectivity index (χ3n) is 6.11. The van der Waals surface area contributed by atoms with Gasteiger partial charge in [0.05, 0.1) is 6.04 Å². The predicted molar refractivity (Wildman–Crippen MR) is 113 cm³/mol. The number of aromatic nitrogens is 7. The van der Waals surface area contributed by atoms with Crippen LogP contribution in [-0.2, 0) is 0 Å². The first kappa shape index (κ1) is 20.8. The molecule has 166 valence electrons. The number of halogens is 2. The van der Waals surface area contributed by atoms with E-state index in [-0.39, 0.29) is 34.3 Å². The zero-order chi connectivity index (χ0) is 23.1. The van der Waals surface area contributed by atoms with Crippen LogP contribution in [0.2, 0.25) is 0 Å². The third kappa shape index (κ3) is 3.53. The van der Waals surface area contributed by atoms with Gasteiger partial charge >= 0.3 is 0 Å². The van der Waals surface area contributed by atoms with E-state index in [2.05, 4.69) is 25.0 Å². The number of alkyl halides is 2. The summed E-state index contributed by atoms with van der Waals surface area (Å²) < 4.78 is 27.2. The summed E-state index contributed by atoms with van der Waals surface area (Å²) in [5.74, 6) is 1.14. The van der Waals surface area contributed by atoms with Crippen molar-refractivity contribution in [2.24, 2.45) is 0 Å². The van der Waals surface area contributed by atoms with E-state index in [1.807, 2.05) is 6.07 Å². The number of aromatic amines is 1. The Morgan fingerprint density at radius 3 is 2.55 bits per heavy atom. The second kappa shape index (κ2) is 8.12. The summed E-state index contributed by atoms with van der Waals surface area (Å²) in [5.41, 5.74) is 0.0261. The number of nitrogens with one attached hydrogen (secondary N) is 1. The summed E-state index contributed by atoms with van der Waals surface area (Å²) in [6, 6.07) is 5.97. The first-order valence-corrected chi connectivity index (χ1v) is 10.4. The largest absolute Gasteiger partial charge is 0.310 e. The molecule has 0 spiro atoms. The minimum Gasteiger partial charge on any atom is -0.310 e. The highest BCUT2D eigenvalue weighted by molar-refractivity contribution is 5.80. The topological polar surface area (TPSA) is 126 Å². The second-order valence-electron chi connectivity index (χ2n) is 7.95. The second-order valence-corrected chi connectivity index (χ2v) is 7.95. The molecule has 9 nitrogen and oxygen atoms in total. The number of H-pyrrole nitrogens is 1. The molecule has 1 N–H and O–H groups in total. The van der Waals surface area contributed by atoms with Crippen LogP contribution in [0.1, 0.15) is 72.7 Å². The number of fused-ring (bicyclic) bond motifs is 1. The van der Waals surface area contributed by atoms with Crippen molar-refractivity contribution in [3.8, 4) is 6.07 Å². The molecule has 1 aliphatic rings. The van der Waals surface area contributed by atoms with Crippen LogP contribution in [0.25, 0.3) is 11.0 Å². The van der Waals surface area contributed by atoms with Gasteiger partial charge in [-0.25, -0.2) is 28.4 Å². The molecule has 0 radical (unpaired) electrons. The third-order valence-corrected chi connectivity index (χ3v) is 6.11. The van der Waals surface area contributed by atoms with Crippen molar-refractivity contribution >= 4 is 11.0 Å². The summed E-state index contributed by atoms with van der Waals surface area (Å²) in [4.78, 5) is 32.9. The Morgan fingerprint density at radius 1 is 1.18 bits per heavy atom. The highest BCUT2D eigenvalue weighted by Crippen LogP contribution is 2.46. The zero-order valence-corrected chi connectivity index (χ0v) is 17.5. The van der Waals surface area contributed by atoms with E-state index < -0.39 is 18.0 Å². The van der Waals surface area contributed by atoms with E-state index in [4.69, 9.17) is 4.98 Å². The van der Waals surface area contributed by atoms with E-state index in [1.54, 1.807) is 25.4 Å². The van der Waals surface area contributed by atoms with Gasteiger partial charge in [0.15, 0.2) is 11.3 Å². The standard InChI is InChI=1S/C22H18F2N8O/c1-11(12-3-6-15(18(23)24)28-10-12)32-21-17(16(9-25)31-32)22(33)30-20(29-21)14-5-4-13(14)19-26-7-2-8-27-19/h2-3,6-8,10-11,13-14,18H,4-5H2,1H3,(H,29,30,33)/t11?,13-,14+/m0/s1. The maximum absolute atomic E-state index is 12.9. The molecule has 33 heavy (non-hydrogen) atoms. The smallest absolute Gasteiger partial charge is 0.280 e. The molecular formula is C22H18F2N8O. The molecule has 0 bridgehead atoms. The van der Waals surface area contributed by atoms with Crippen molar-refractivity contribution in [3.05, 3.63) is 75.7 Å². The van der Waals surface area contributed by atoms with Crippen molar-refractivity contribution in [1.29, 1.82) is 5.26 Å². The van der Waals surface area contributed by atoms with Gasteiger partial charge in [0, 0.05) is 30.4 Å². The minimum atomic E-state index is -2.67. The van der Waals surface area contributed by atoms with Crippen LogP contribution in [0.5, 0.6) is 0 Å². The zero-order valence-electron chi connectivity index (χ0n) is 17.5. The first-order chi connectivity index (χ1) is 16.0. The van der Waals surface area contributed by atoms with Gasteiger partial charge in [-0.3, -0.25) is 9.78 Å². The summed E-state index contributed by atoms with van der Waals surface area (Å²) in [6.07, 6.45) is 3.72. The number of nitriles is 1. The fourth-order valence-electron chi connectivity index (χ4n) is 4.16. The van der Waals surface area contributed by atoms with E-state index in [0.717, 1.165) is 12.8 Å². The number of rotatable bonds is 5. The average molecular weight is 448 g/mol. The Morgan fingerprint density at radius 2 is 1.94 bits per heavy atom. The van der Waals surface area contributed by atoms with Crippen LogP contribution in [0.3, 0.4) is 0 Å². The van der Waals surface area contributed by atoms with Gasteiger partial charge in [-0.1, -0.05) is 6.07 Å². The van der Waals surface area contributed by atoms with Gasteiger partial charge in [-0.15, -0.1) is 0 Å². The van der Waals surface area contributed by atoms with Crippen molar-refractivity contribution in [2.45, 2.75) is 44.1 Å². The molecule has 1 saturated carbocycles. The Bertz CT molecular complexity index is 1410. The minimum absolute atomic E-state index is 0.0297. The van der Waals surface area contributed by atoms with Crippen LogP contribution < -0.4 is 5.56 Å². The number of pyridine rings is 1. The SMILES string of the molecule is CC(c1ccc(C(F)F)nc1)n1nc(C#N)c2c(=O)[nH]c([C@@H]3CC[C@@H]3c3ncccn3)nc21. The highest BCUT2D eigenvalue weighted by atomic mass is 19.3. The first-order valence-electron chi connectivity index (χ1n) is 10.4. The molecule has 4 heterocycles. The summed E-state index contributed by atoms with van der Waals surface area (Å²) >= 11 is 0. The van der Waals surface area contributed by atoms with E-state index in [9.17, 15) is 18.8 Å². The van der Waals surface area contributed by atoms with Crippen LogP contribution in [0, 0.1) is 11.3 Å². The predicted octanol–water partition coefficient (Wildman–Crippen LogP) is 3.38. The molecule has 4 aromatic heterocycles. The molecule has 0 amide bonds. The molecule has 1 unspecified atom stereocenters.